The molecule has 2 aliphatic rings. The van der Waals surface area contributed by atoms with Gasteiger partial charge in [0.25, 0.3) is 5.91 Å². The molecule has 2 aliphatic heterocycles. The van der Waals surface area contributed by atoms with Gasteiger partial charge in [0.2, 0.25) is 5.91 Å². The van der Waals surface area contributed by atoms with E-state index in [4.69, 9.17) is 9.47 Å². The van der Waals surface area contributed by atoms with Crippen LogP contribution in [0.3, 0.4) is 0 Å². The molecule has 0 spiro atoms. The minimum Gasteiger partial charge on any atom is -0.497 e. The standard InChI is InChI=1S/C23H24N4O4S/c1-13(2)20-22(29)27-21(26-20)17-7-5-6-8-18(17)25-23(27)32-12-19(28)24-14-9-15(30-3)11-16(10-14)31-4/h5-11,13,20H,12H2,1-4H3,(H,24,28)/t20-/m1/s1. The van der Waals surface area contributed by atoms with Crippen molar-refractivity contribution in [1.29, 1.82) is 0 Å². The molecule has 4 rings (SSSR count). The summed E-state index contributed by atoms with van der Waals surface area (Å²) in [7, 11) is 3.10. The lowest BCUT2D eigenvalue weighted by molar-refractivity contribution is -0.125. The maximum absolute atomic E-state index is 13.1. The zero-order valence-corrected chi connectivity index (χ0v) is 19.1. The number of fused-ring (bicyclic) bond motifs is 3. The third kappa shape index (κ3) is 4.20. The number of ether oxygens (including phenoxy) is 2. The van der Waals surface area contributed by atoms with Gasteiger partial charge in [-0.3, -0.25) is 14.6 Å². The molecule has 0 bridgehead atoms. The van der Waals surface area contributed by atoms with Crippen LogP contribution in [0.2, 0.25) is 0 Å². The smallest absolute Gasteiger partial charge is 0.259 e. The molecule has 9 heteroatoms. The SMILES string of the molecule is COc1cc(NC(=O)CSC2=Nc3ccccc3C3=N[C@H](C(C)C)C(=O)N23)cc(OC)c1. The highest BCUT2D eigenvalue weighted by Gasteiger charge is 2.42. The molecule has 0 aromatic heterocycles. The van der Waals surface area contributed by atoms with E-state index in [1.807, 2.05) is 38.1 Å². The Bertz CT molecular complexity index is 1110. The van der Waals surface area contributed by atoms with Crippen LogP contribution in [0.4, 0.5) is 11.4 Å². The van der Waals surface area contributed by atoms with E-state index >= 15 is 0 Å². The third-order valence-corrected chi connectivity index (χ3v) is 6.04. The Labute approximate surface area is 190 Å². The molecule has 2 aromatic carbocycles. The Morgan fingerprint density at radius 1 is 1.16 bits per heavy atom. The van der Waals surface area contributed by atoms with Gasteiger partial charge < -0.3 is 14.8 Å². The molecule has 2 heterocycles. The van der Waals surface area contributed by atoms with Crippen molar-refractivity contribution < 1.29 is 19.1 Å². The van der Waals surface area contributed by atoms with Crippen molar-refractivity contribution in [1.82, 2.24) is 4.90 Å². The van der Waals surface area contributed by atoms with E-state index < -0.39 is 6.04 Å². The Morgan fingerprint density at radius 3 is 2.50 bits per heavy atom. The molecule has 1 atom stereocenters. The average molecular weight is 453 g/mol. The summed E-state index contributed by atoms with van der Waals surface area (Å²) in [6.07, 6.45) is 0. The van der Waals surface area contributed by atoms with E-state index in [2.05, 4.69) is 15.3 Å². The lowest BCUT2D eigenvalue weighted by atomic mass is 10.1. The number of rotatable bonds is 6. The van der Waals surface area contributed by atoms with Crippen molar-refractivity contribution in [3.8, 4) is 11.5 Å². The average Bonchev–Trinajstić information content (AvgIpc) is 3.15. The van der Waals surface area contributed by atoms with Crippen LogP contribution >= 0.6 is 11.8 Å². The van der Waals surface area contributed by atoms with E-state index in [1.54, 1.807) is 37.3 Å². The molecule has 32 heavy (non-hydrogen) atoms. The number of hydrogen-bond acceptors (Lipinski definition) is 7. The largest absolute Gasteiger partial charge is 0.497 e. The molecule has 2 aromatic rings. The number of aliphatic imine (C=N–C) groups is 2. The van der Waals surface area contributed by atoms with Gasteiger partial charge >= 0.3 is 0 Å². The summed E-state index contributed by atoms with van der Waals surface area (Å²) in [5.41, 5.74) is 2.11. The van der Waals surface area contributed by atoms with Crippen LogP contribution in [0.1, 0.15) is 19.4 Å². The molecule has 0 saturated heterocycles. The van der Waals surface area contributed by atoms with Crippen molar-refractivity contribution in [2.75, 3.05) is 25.3 Å². The van der Waals surface area contributed by atoms with Gasteiger partial charge in [-0.1, -0.05) is 37.7 Å². The van der Waals surface area contributed by atoms with Gasteiger partial charge in [0.15, 0.2) is 5.17 Å². The molecule has 8 nitrogen and oxygen atoms in total. The highest BCUT2D eigenvalue weighted by molar-refractivity contribution is 8.14. The summed E-state index contributed by atoms with van der Waals surface area (Å²) in [5, 5.41) is 3.29. The molecular weight excluding hydrogens is 428 g/mol. The fraction of sp³-hybridized carbons (Fsp3) is 0.304. The van der Waals surface area contributed by atoms with Gasteiger partial charge in [0, 0.05) is 29.4 Å². The number of carbonyl (C=O) groups is 2. The van der Waals surface area contributed by atoms with E-state index in [0.29, 0.717) is 28.2 Å². The molecule has 0 unspecified atom stereocenters. The van der Waals surface area contributed by atoms with Crippen LogP contribution in [0.5, 0.6) is 11.5 Å². The van der Waals surface area contributed by atoms with Crippen LogP contribution in [0, 0.1) is 5.92 Å². The summed E-state index contributed by atoms with van der Waals surface area (Å²) in [6.45, 7) is 3.94. The summed E-state index contributed by atoms with van der Waals surface area (Å²) >= 11 is 1.20. The lowest BCUT2D eigenvalue weighted by Gasteiger charge is -2.25. The van der Waals surface area contributed by atoms with Crippen LogP contribution < -0.4 is 14.8 Å². The predicted octanol–water partition coefficient (Wildman–Crippen LogP) is 3.69. The molecule has 2 amide bonds. The first-order valence-corrected chi connectivity index (χ1v) is 11.2. The Morgan fingerprint density at radius 2 is 1.84 bits per heavy atom. The molecule has 0 aliphatic carbocycles. The van der Waals surface area contributed by atoms with Crippen molar-refractivity contribution in [2.24, 2.45) is 15.9 Å². The molecule has 0 saturated carbocycles. The highest BCUT2D eigenvalue weighted by atomic mass is 32.2. The minimum atomic E-state index is -0.458. The number of methoxy groups -OCH3 is 2. The predicted molar refractivity (Wildman–Crippen MR) is 126 cm³/mol. The normalized spacial score (nSPS) is 16.8. The van der Waals surface area contributed by atoms with Crippen LogP contribution in [-0.4, -0.2) is 53.7 Å². The van der Waals surface area contributed by atoms with E-state index in [1.165, 1.54) is 11.8 Å². The highest BCUT2D eigenvalue weighted by Crippen LogP contribution is 2.35. The van der Waals surface area contributed by atoms with E-state index in [9.17, 15) is 9.59 Å². The van der Waals surface area contributed by atoms with E-state index in [0.717, 1.165) is 11.3 Å². The number of amides is 2. The zero-order valence-electron chi connectivity index (χ0n) is 18.3. The second kappa shape index (κ2) is 9.04. The number of para-hydroxylation sites is 1. The number of anilines is 1. The van der Waals surface area contributed by atoms with Gasteiger partial charge in [-0.25, -0.2) is 9.89 Å². The fourth-order valence-electron chi connectivity index (χ4n) is 3.51. The maximum Gasteiger partial charge on any atom is 0.259 e. The van der Waals surface area contributed by atoms with Gasteiger partial charge in [-0.05, 0) is 18.1 Å². The topological polar surface area (TPSA) is 92.6 Å². The number of carbonyl (C=O) groups excluding carboxylic acids is 2. The summed E-state index contributed by atoms with van der Waals surface area (Å²) in [4.78, 5) is 36.6. The second-order valence-corrected chi connectivity index (χ2v) is 8.61. The number of nitrogens with zero attached hydrogens (tertiary/aromatic N) is 3. The minimum absolute atomic E-state index is 0.0605. The quantitative estimate of drug-likeness (QED) is 0.722. The summed E-state index contributed by atoms with van der Waals surface area (Å²) in [5.74, 6) is 1.52. The summed E-state index contributed by atoms with van der Waals surface area (Å²) < 4.78 is 10.5. The van der Waals surface area contributed by atoms with Gasteiger partial charge in [0.05, 0.1) is 25.7 Å². The summed E-state index contributed by atoms with van der Waals surface area (Å²) in [6, 6.07) is 12.3. The van der Waals surface area contributed by atoms with E-state index in [-0.39, 0.29) is 23.5 Å². The third-order valence-electron chi connectivity index (χ3n) is 5.10. The number of thioether (sulfide) groups is 1. The number of benzene rings is 2. The van der Waals surface area contributed by atoms with Gasteiger partial charge in [-0.15, -0.1) is 0 Å². The van der Waals surface area contributed by atoms with Crippen molar-refractivity contribution in [2.45, 2.75) is 19.9 Å². The van der Waals surface area contributed by atoms with Crippen molar-refractivity contribution in [3.63, 3.8) is 0 Å². The maximum atomic E-state index is 13.1. The van der Waals surface area contributed by atoms with Crippen LogP contribution in [0.15, 0.2) is 52.4 Å². The van der Waals surface area contributed by atoms with Crippen molar-refractivity contribution in [3.05, 3.63) is 48.0 Å². The molecule has 0 radical (unpaired) electrons. The lowest BCUT2D eigenvalue weighted by Crippen LogP contribution is -2.42. The number of amidine groups is 2. The first-order chi connectivity index (χ1) is 15.4. The zero-order chi connectivity index (χ0) is 22.8. The Kier molecular flexibility index (Phi) is 6.18. The monoisotopic (exact) mass is 452 g/mol. The fourth-order valence-corrected chi connectivity index (χ4v) is 4.31. The number of nitrogens with one attached hydrogen (secondary N) is 1. The molecular formula is C23H24N4O4S. The molecule has 1 N–H and O–H groups in total. The van der Waals surface area contributed by atoms with Gasteiger partial charge in [-0.2, -0.15) is 0 Å². The second-order valence-electron chi connectivity index (χ2n) is 7.66. The molecule has 166 valence electrons. The first-order valence-electron chi connectivity index (χ1n) is 10.2. The Balaban J connectivity index is 1.53. The van der Waals surface area contributed by atoms with Gasteiger partial charge in [0.1, 0.15) is 23.4 Å². The number of hydrogen-bond donors (Lipinski definition) is 1. The van der Waals surface area contributed by atoms with Crippen LogP contribution in [0.25, 0.3) is 0 Å². The van der Waals surface area contributed by atoms with Crippen molar-refractivity contribution >= 4 is 46.0 Å². The Hall–Kier alpha value is -3.33. The van der Waals surface area contributed by atoms with Crippen LogP contribution in [-0.2, 0) is 9.59 Å². The molecule has 0 fully saturated rings. The first kappa shape index (κ1) is 21.9.